The number of hydrogen-bond acceptors (Lipinski definition) is 3. The molecule has 0 saturated heterocycles. The third kappa shape index (κ3) is 3.47. The van der Waals surface area contributed by atoms with Crippen molar-refractivity contribution in [3.8, 4) is 0 Å². The summed E-state index contributed by atoms with van der Waals surface area (Å²) in [4.78, 5) is 9.70. The van der Waals surface area contributed by atoms with E-state index in [1.165, 1.54) is 6.07 Å². The summed E-state index contributed by atoms with van der Waals surface area (Å²) < 4.78 is 38.8. The summed E-state index contributed by atoms with van der Waals surface area (Å²) in [5.41, 5.74) is -1.65. The minimum atomic E-state index is -4.74. The van der Waals surface area contributed by atoms with E-state index in [-0.39, 0.29) is 12.0 Å². The van der Waals surface area contributed by atoms with Gasteiger partial charge in [0.1, 0.15) is 5.56 Å². The molecule has 112 valence electrons. The van der Waals surface area contributed by atoms with E-state index < -0.39 is 22.4 Å². The van der Waals surface area contributed by atoms with E-state index >= 15 is 0 Å². The predicted octanol–water partition coefficient (Wildman–Crippen LogP) is 3.72. The largest absolute Gasteiger partial charge is 0.423 e. The quantitative estimate of drug-likeness (QED) is 0.664. The van der Waals surface area contributed by atoms with Gasteiger partial charge in [0, 0.05) is 12.1 Å². The maximum absolute atomic E-state index is 12.9. The fourth-order valence-corrected chi connectivity index (χ4v) is 2.25. The molecule has 4 nitrogen and oxygen atoms in total. The highest BCUT2D eigenvalue weighted by Gasteiger charge is 2.38. The molecule has 1 rings (SSSR count). The molecule has 0 radical (unpaired) electrons. The number of rotatable bonds is 5. The monoisotopic (exact) mass is 290 g/mol. The van der Waals surface area contributed by atoms with Crippen LogP contribution in [-0.4, -0.2) is 18.0 Å². The molecule has 1 N–H and O–H groups in total. The van der Waals surface area contributed by atoms with Crippen LogP contribution < -0.4 is 5.32 Å². The van der Waals surface area contributed by atoms with Crippen molar-refractivity contribution in [3.63, 3.8) is 0 Å². The van der Waals surface area contributed by atoms with Gasteiger partial charge in [0.05, 0.1) is 4.92 Å². The van der Waals surface area contributed by atoms with E-state index in [4.69, 9.17) is 0 Å². The van der Waals surface area contributed by atoms with Crippen LogP contribution in [0.25, 0.3) is 0 Å². The third-order valence-corrected chi connectivity index (χ3v) is 3.45. The first kappa shape index (κ1) is 16.4. The Bertz CT molecular complexity index is 489. The molecule has 1 aromatic carbocycles. The number of nitro benzene ring substituents is 1. The Hall–Kier alpha value is -1.63. The molecule has 0 aliphatic rings. The van der Waals surface area contributed by atoms with Gasteiger partial charge in [0.25, 0.3) is 5.69 Å². The summed E-state index contributed by atoms with van der Waals surface area (Å²) in [6, 6.07) is 3.20. The van der Waals surface area contributed by atoms with E-state index in [0.717, 1.165) is 12.1 Å². The standard InChI is InChI=1S/C13H17F3N2O2/c1-4-10(8(2)17-3)9-5-6-12(18(19)20)11(7-9)13(14,15)16/h5-8,10,17H,4H2,1-3H3. The molecular weight excluding hydrogens is 273 g/mol. The third-order valence-electron chi connectivity index (χ3n) is 3.45. The second-order valence-electron chi connectivity index (χ2n) is 4.62. The molecule has 0 aromatic heterocycles. The number of hydrogen-bond donors (Lipinski definition) is 1. The molecule has 0 aliphatic heterocycles. The zero-order valence-electron chi connectivity index (χ0n) is 11.5. The maximum Gasteiger partial charge on any atom is 0.423 e. The van der Waals surface area contributed by atoms with E-state index in [0.29, 0.717) is 12.0 Å². The average molecular weight is 290 g/mol. The summed E-state index contributed by atoms with van der Waals surface area (Å²) in [5, 5.41) is 13.7. The van der Waals surface area contributed by atoms with Crippen LogP contribution in [0, 0.1) is 10.1 Å². The Labute approximate surface area is 115 Å². The van der Waals surface area contributed by atoms with Gasteiger partial charge in [-0.1, -0.05) is 13.0 Å². The van der Waals surface area contributed by atoms with Gasteiger partial charge >= 0.3 is 6.18 Å². The molecule has 0 spiro atoms. The number of alkyl halides is 3. The second kappa shape index (κ2) is 6.21. The molecule has 0 saturated carbocycles. The first-order valence-electron chi connectivity index (χ1n) is 6.25. The molecule has 0 heterocycles. The van der Waals surface area contributed by atoms with E-state index in [2.05, 4.69) is 5.32 Å². The summed E-state index contributed by atoms with van der Waals surface area (Å²) in [7, 11) is 1.73. The van der Waals surface area contributed by atoms with Gasteiger partial charge in [-0.15, -0.1) is 0 Å². The van der Waals surface area contributed by atoms with Crippen molar-refractivity contribution in [2.75, 3.05) is 7.05 Å². The topological polar surface area (TPSA) is 55.2 Å². The lowest BCUT2D eigenvalue weighted by atomic mass is 9.88. The number of nitro groups is 1. The lowest BCUT2D eigenvalue weighted by molar-refractivity contribution is -0.388. The highest BCUT2D eigenvalue weighted by atomic mass is 19.4. The Kier molecular flexibility index (Phi) is 5.10. The van der Waals surface area contributed by atoms with Gasteiger partial charge in [-0.3, -0.25) is 10.1 Å². The Morgan fingerprint density at radius 2 is 2.00 bits per heavy atom. The fourth-order valence-electron chi connectivity index (χ4n) is 2.25. The molecule has 2 unspecified atom stereocenters. The highest BCUT2D eigenvalue weighted by molar-refractivity contribution is 5.45. The SMILES string of the molecule is CCC(c1ccc([N+](=O)[O-])c(C(F)(F)F)c1)C(C)NC. The molecule has 0 aliphatic carbocycles. The van der Waals surface area contributed by atoms with Gasteiger partial charge < -0.3 is 5.32 Å². The number of nitrogens with one attached hydrogen (secondary N) is 1. The van der Waals surface area contributed by atoms with Crippen LogP contribution >= 0.6 is 0 Å². The van der Waals surface area contributed by atoms with E-state index in [1.807, 2.05) is 13.8 Å². The van der Waals surface area contributed by atoms with Gasteiger partial charge in [-0.05, 0) is 37.9 Å². The van der Waals surface area contributed by atoms with Crippen molar-refractivity contribution >= 4 is 5.69 Å². The van der Waals surface area contributed by atoms with Crippen LogP contribution in [0.3, 0.4) is 0 Å². The van der Waals surface area contributed by atoms with Gasteiger partial charge in [0.2, 0.25) is 0 Å². The molecule has 0 bridgehead atoms. The van der Waals surface area contributed by atoms with Gasteiger partial charge in [-0.2, -0.15) is 13.2 Å². The van der Waals surface area contributed by atoms with E-state index in [1.54, 1.807) is 7.05 Å². The normalized spacial score (nSPS) is 14.9. The van der Waals surface area contributed by atoms with Crippen LogP contribution in [0.1, 0.15) is 37.3 Å². The first-order chi connectivity index (χ1) is 9.22. The molecule has 20 heavy (non-hydrogen) atoms. The van der Waals surface area contributed by atoms with Crippen molar-refractivity contribution in [3.05, 3.63) is 39.4 Å². The summed E-state index contributed by atoms with van der Waals surface area (Å²) >= 11 is 0. The van der Waals surface area contributed by atoms with Crippen LogP contribution in [0.4, 0.5) is 18.9 Å². The summed E-state index contributed by atoms with van der Waals surface area (Å²) in [6.45, 7) is 3.73. The molecular formula is C13H17F3N2O2. The van der Waals surface area contributed by atoms with Crippen molar-refractivity contribution in [2.45, 2.75) is 38.4 Å². The van der Waals surface area contributed by atoms with Crippen LogP contribution in [0.2, 0.25) is 0 Å². The molecule has 0 amide bonds. The maximum atomic E-state index is 12.9. The second-order valence-corrected chi connectivity index (χ2v) is 4.62. The first-order valence-corrected chi connectivity index (χ1v) is 6.25. The molecule has 0 fully saturated rings. The minimum Gasteiger partial charge on any atom is -0.317 e. The van der Waals surface area contributed by atoms with Crippen LogP contribution in [0.5, 0.6) is 0 Å². The zero-order valence-corrected chi connectivity index (χ0v) is 11.5. The number of halogens is 3. The van der Waals surface area contributed by atoms with Crippen molar-refractivity contribution in [1.29, 1.82) is 0 Å². The minimum absolute atomic E-state index is 0.0254. The smallest absolute Gasteiger partial charge is 0.317 e. The predicted molar refractivity (Wildman–Crippen MR) is 69.7 cm³/mol. The summed E-state index contributed by atoms with van der Waals surface area (Å²) in [6.07, 6.45) is -4.10. The number of likely N-dealkylation sites (N-methyl/N-ethyl adjacent to an activating group) is 1. The Morgan fingerprint density at radius 1 is 1.40 bits per heavy atom. The van der Waals surface area contributed by atoms with Gasteiger partial charge in [0.15, 0.2) is 0 Å². The highest BCUT2D eigenvalue weighted by Crippen LogP contribution is 2.38. The lowest BCUT2D eigenvalue weighted by Gasteiger charge is -2.23. The molecule has 2 atom stereocenters. The fraction of sp³-hybridized carbons (Fsp3) is 0.538. The van der Waals surface area contributed by atoms with Crippen LogP contribution in [0.15, 0.2) is 18.2 Å². The van der Waals surface area contributed by atoms with Gasteiger partial charge in [-0.25, -0.2) is 0 Å². The van der Waals surface area contributed by atoms with Crippen LogP contribution in [-0.2, 0) is 6.18 Å². The number of benzene rings is 1. The Morgan fingerprint density at radius 3 is 2.40 bits per heavy atom. The molecule has 1 aromatic rings. The average Bonchev–Trinajstić information content (AvgIpc) is 2.37. The van der Waals surface area contributed by atoms with Crippen molar-refractivity contribution in [1.82, 2.24) is 5.32 Å². The number of nitrogens with zero attached hydrogens (tertiary/aromatic N) is 1. The zero-order chi connectivity index (χ0) is 15.5. The van der Waals surface area contributed by atoms with Crippen molar-refractivity contribution in [2.24, 2.45) is 0 Å². The lowest BCUT2D eigenvalue weighted by Crippen LogP contribution is -2.28. The summed E-state index contributed by atoms with van der Waals surface area (Å²) in [5.74, 6) is -0.137. The van der Waals surface area contributed by atoms with Crippen molar-refractivity contribution < 1.29 is 18.1 Å². The van der Waals surface area contributed by atoms with E-state index in [9.17, 15) is 23.3 Å². The molecule has 7 heteroatoms. The Balaban J connectivity index is 3.35.